The van der Waals surface area contributed by atoms with Crippen molar-refractivity contribution in [1.82, 2.24) is 10.3 Å². The molecule has 4 rings (SSSR count). The second-order valence-corrected chi connectivity index (χ2v) is 7.76. The van der Waals surface area contributed by atoms with Gasteiger partial charge in [0.05, 0.1) is 17.1 Å². The summed E-state index contributed by atoms with van der Waals surface area (Å²) < 4.78 is 0. The van der Waals surface area contributed by atoms with Crippen LogP contribution in [0.5, 0.6) is 0 Å². The van der Waals surface area contributed by atoms with Crippen LogP contribution in [0.2, 0.25) is 0 Å². The molecule has 0 amide bonds. The van der Waals surface area contributed by atoms with Crippen molar-refractivity contribution in [3.63, 3.8) is 0 Å². The lowest BCUT2D eigenvalue weighted by Crippen LogP contribution is -2.13. The SMILES string of the molecule is CCCNCc1nc(-c2ccc3c(c2)Nc2ccccc2S3)cs1. The Morgan fingerprint density at radius 1 is 1.08 bits per heavy atom. The van der Waals surface area contributed by atoms with Gasteiger partial charge < -0.3 is 10.6 Å². The first-order valence-electron chi connectivity index (χ1n) is 8.17. The number of hydrogen-bond acceptors (Lipinski definition) is 5. The number of hydrogen-bond donors (Lipinski definition) is 2. The Labute approximate surface area is 150 Å². The van der Waals surface area contributed by atoms with Crippen molar-refractivity contribution < 1.29 is 0 Å². The number of aromatic nitrogens is 1. The smallest absolute Gasteiger partial charge is 0.107 e. The normalized spacial score (nSPS) is 12.4. The summed E-state index contributed by atoms with van der Waals surface area (Å²) in [5, 5.41) is 10.2. The highest BCUT2D eigenvalue weighted by atomic mass is 32.2. The van der Waals surface area contributed by atoms with E-state index in [1.54, 1.807) is 11.3 Å². The summed E-state index contributed by atoms with van der Waals surface area (Å²) in [6, 6.07) is 15.0. The first-order valence-corrected chi connectivity index (χ1v) is 9.86. The summed E-state index contributed by atoms with van der Waals surface area (Å²) in [7, 11) is 0. The number of fused-ring (bicyclic) bond motifs is 2. The molecule has 0 bridgehead atoms. The number of anilines is 2. The minimum atomic E-state index is 0.852. The second kappa shape index (κ2) is 6.97. The minimum absolute atomic E-state index is 0.852. The third kappa shape index (κ3) is 3.20. The third-order valence-corrected chi connectivity index (χ3v) is 5.91. The largest absolute Gasteiger partial charge is 0.354 e. The van der Waals surface area contributed by atoms with Gasteiger partial charge in [-0.25, -0.2) is 4.98 Å². The molecule has 122 valence electrons. The lowest BCUT2D eigenvalue weighted by Gasteiger charge is -2.21. The van der Waals surface area contributed by atoms with Gasteiger partial charge in [0.25, 0.3) is 0 Å². The van der Waals surface area contributed by atoms with E-state index in [1.165, 1.54) is 21.0 Å². The molecule has 0 saturated heterocycles. The molecule has 0 spiro atoms. The van der Waals surface area contributed by atoms with Crippen molar-refractivity contribution in [1.29, 1.82) is 0 Å². The molecule has 0 aliphatic carbocycles. The number of nitrogens with zero attached hydrogens (tertiary/aromatic N) is 1. The van der Waals surface area contributed by atoms with Gasteiger partial charge in [-0.3, -0.25) is 0 Å². The average Bonchev–Trinajstić information content (AvgIpc) is 3.08. The van der Waals surface area contributed by atoms with Gasteiger partial charge >= 0.3 is 0 Å². The van der Waals surface area contributed by atoms with E-state index in [0.717, 1.165) is 35.9 Å². The summed E-state index contributed by atoms with van der Waals surface area (Å²) in [6.45, 7) is 4.07. The number of rotatable bonds is 5. The predicted octanol–water partition coefficient (Wildman–Crippen LogP) is 5.52. The van der Waals surface area contributed by atoms with Crippen LogP contribution in [0.15, 0.2) is 57.6 Å². The topological polar surface area (TPSA) is 37.0 Å². The highest BCUT2D eigenvalue weighted by molar-refractivity contribution is 7.99. The van der Waals surface area contributed by atoms with Crippen molar-refractivity contribution in [2.24, 2.45) is 0 Å². The molecule has 1 aromatic heterocycles. The molecule has 1 aliphatic heterocycles. The summed E-state index contributed by atoms with van der Waals surface area (Å²) >= 11 is 3.54. The summed E-state index contributed by atoms with van der Waals surface area (Å²) in [4.78, 5) is 7.30. The molecule has 2 aromatic carbocycles. The van der Waals surface area contributed by atoms with Crippen molar-refractivity contribution >= 4 is 34.5 Å². The molecule has 24 heavy (non-hydrogen) atoms. The van der Waals surface area contributed by atoms with E-state index >= 15 is 0 Å². The molecule has 0 fully saturated rings. The maximum Gasteiger partial charge on any atom is 0.107 e. The Morgan fingerprint density at radius 2 is 1.96 bits per heavy atom. The van der Waals surface area contributed by atoms with Crippen LogP contribution in [0.25, 0.3) is 11.3 Å². The molecule has 0 radical (unpaired) electrons. The van der Waals surface area contributed by atoms with E-state index in [4.69, 9.17) is 4.98 Å². The van der Waals surface area contributed by atoms with Gasteiger partial charge in [0.15, 0.2) is 0 Å². The first-order chi connectivity index (χ1) is 11.8. The predicted molar refractivity (Wildman–Crippen MR) is 103 cm³/mol. The fourth-order valence-corrected chi connectivity index (χ4v) is 4.44. The van der Waals surface area contributed by atoms with Crippen LogP contribution >= 0.6 is 23.1 Å². The molecule has 1 aliphatic rings. The zero-order valence-electron chi connectivity index (χ0n) is 13.5. The van der Waals surface area contributed by atoms with Gasteiger partial charge in [0.1, 0.15) is 5.01 Å². The van der Waals surface area contributed by atoms with E-state index in [9.17, 15) is 0 Å². The maximum atomic E-state index is 4.77. The Hall–Kier alpha value is -1.82. The summed E-state index contributed by atoms with van der Waals surface area (Å²) in [5.41, 5.74) is 4.56. The zero-order chi connectivity index (χ0) is 16.4. The monoisotopic (exact) mass is 353 g/mol. The van der Waals surface area contributed by atoms with Crippen LogP contribution < -0.4 is 10.6 Å². The van der Waals surface area contributed by atoms with E-state index in [-0.39, 0.29) is 0 Å². The Bertz CT molecular complexity index is 857. The van der Waals surface area contributed by atoms with Gasteiger partial charge in [0.2, 0.25) is 0 Å². The quantitative estimate of drug-likeness (QED) is 0.463. The molecule has 5 heteroatoms. The number of para-hydroxylation sites is 1. The Kier molecular flexibility index (Phi) is 4.56. The molecule has 3 nitrogen and oxygen atoms in total. The number of nitrogens with one attached hydrogen (secondary N) is 2. The fourth-order valence-electron chi connectivity index (χ4n) is 2.70. The van der Waals surface area contributed by atoms with Crippen molar-refractivity contribution in [2.45, 2.75) is 29.7 Å². The lowest BCUT2D eigenvalue weighted by atomic mass is 10.1. The van der Waals surface area contributed by atoms with Crippen LogP contribution in [0.3, 0.4) is 0 Å². The van der Waals surface area contributed by atoms with Gasteiger partial charge in [0, 0.05) is 27.3 Å². The van der Waals surface area contributed by atoms with Gasteiger partial charge in [-0.05, 0) is 37.2 Å². The van der Waals surface area contributed by atoms with E-state index in [0.29, 0.717) is 0 Å². The van der Waals surface area contributed by atoms with Gasteiger partial charge in [-0.2, -0.15) is 0 Å². The van der Waals surface area contributed by atoms with E-state index < -0.39 is 0 Å². The second-order valence-electron chi connectivity index (χ2n) is 5.74. The lowest BCUT2D eigenvalue weighted by molar-refractivity contribution is 0.673. The third-order valence-electron chi connectivity index (χ3n) is 3.91. The molecule has 0 atom stereocenters. The van der Waals surface area contributed by atoms with Crippen LogP contribution in [0.1, 0.15) is 18.4 Å². The molecular weight excluding hydrogens is 334 g/mol. The molecular formula is C19H19N3S2. The highest BCUT2D eigenvalue weighted by Gasteiger charge is 2.16. The first kappa shape index (κ1) is 15.7. The van der Waals surface area contributed by atoms with Crippen molar-refractivity contribution in [3.8, 4) is 11.3 Å². The van der Waals surface area contributed by atoms with Crippen LogP contribution in [0, 0.1) is 0 Å². The van der Waals surface area contributed by atoms with E-state index in [2.05, 4.69) is 65.4 Å². The van der Waals surface area contributed by atoms with Crippen LogP contribution in [-0.2, 0) is 6.54 Å². The highest BCUT2D eigenvalue weighted by Crippen LogP contribution is 2.45. The van der Waals surface area contributed by atoms with Crippen LogP contribution in [-0.4, -0.2) is 11.5 Å². The molecule has 2 heterocycles. The molecule has 2 N–H and O–H groups in total. The summed E-state index contributed by atoms with van der Waals surface area (Å²) in [5.74, 6) is 0. The maximum absolute atomic E-state index is 4.77. The van der Waals surface area contributed by atoms with E-state index in [1.807, 2.05) is 11.8 Å². The van der Waals surface area contributed by atoms with Crippen molar-refractivity contribution in [2.75, 3.05) is 11.9 Å². The Balaban J connectivity index is 1.56. The Morgan fingerprint density at radius 3 is 2.88 bits per heavy atom. The minimum Gasteiger partial charge on any atom is -0.354 e. The molecule has 0 saturated carbocycles. The van der Waals surface area contributed by atoms with Crippen molar-refractivity contribution in [3.05, 3.63) is 52.9 Å². The van der Waals surface area contributed by atoms with Crippen LogP contribution in [0.4, 0.5) is 11.4 Å². The average molecular weight is 354 g/mol. The van der Waals surface area contributed by atoms with Gasteiger partial charge in [-0.1, -0.05) is 36.9 Å². The number of thiazole rings is 1. The molecule has 3 aromatic rings. The standard InChI is InChI=1S/C19H19N3S2/c1-2-9-20-11-19-22-16(12-23-19)13-7-8-18-15(10-13)21-14-5-3-4-6-17(14)24-18/h3-8,10,12,20-21H,2,9,11H2,1H3. The fraction of sp³-hybridized carbons (Fsp3) is 0.211. The summed E-state index contributed by atoms with van der Waals surface area (Å²) in [6.07, 6.45) is 1.15. The number of benzene rings is 2. The zero-order valence-corrected chi connectivity index (χ0v) is 15.1. The van der Waals surface area contributed by atoms with Gasteiger partial charge in [-0.15, -0.1) is 11.3 Å². The molecule has 0 unspecified atom stereocenters.